The van der Waals surface area contributed by atoms with Gasteiger partial charge < -0.3 is 14.7 Å². The van der Waals surface area contributed by atoms with Crippen molar-refractivity contribution >= 4 is 23.0 Å². The lowest BCUT2D eigenvalue weighted by molar-refractivity contribution is -0.182. The Bertz CT molecular complexity index is 851. The number of ether oxygens (including phenoxy) is 1. The van der Waals surface area contributed by atoms with Crippen LogP contribution in [0.4, 0.5) is 17.6 Å². The van der Waals surface area contributed by atoms with Gasteiger partial charge in [0.25, 0.3) is 0 Å². The topological polar surface area (TPSA) is 81.0 Å². The standard InChI is InChI=1S/C16H14F4N2O4S/c1-8-13(21-14(27-8)12(17)16(18,19)20)26-7-9-5-3-4-6-10(9)11(15(23)24)22-25-2/h3-6,12H,7H2,1-2H3,(H,23,24). The van der Waals surface area contributed by atoms with E-state index in [4.69, 9.17) is 4.74 Å². The number of aliphatic carboxylic acids is 1. The van der Waals surface area contributed by atoms with Crippen LogP contribution in [0.1, 0.15) is 27.2 Å². The summed E-state index contributed by atoms with van der Waals surface area (Å²) in [5.74, 6) is -1.49. The van der Waals surface area contributed by atoms with Gasteiger partial charge >= 0.3 is 12.1 Å². The Kier molecular flexibility index (Phi) is 6.37. The van der Waals surface area contributed by atoms with Crippen LogP contribution in [0.5, 0.6) is 5.88 Å². The second-order valence-corrected chi connectivity index (χ2v) is 6.43. The minimum atomic E-state index is -5.05. The normalized spacial score (nSPS) is 13.3. The molecule has 0 spiro atoms. The summed E-state index contributed by atoms with van der Waals surface area (Å²) in [6.07, 6.45) is -8.25. The van der Waals surface area contributed by atoms with E-state index in [1.807, 2.05) is 0 Å². The number of benzene rings is 1. The molecule has 146 valence electrons. The number of hydrogen-bond donors (Lipinski definition) is 1. The molecule has 1 atom stereocenters. The molecule has 0 radical (unpaired) electrons. The van der Waals surface area contributed by atoms with Gasteiger partial charge in [0.05, 0.1) is 4.88 Å². The van der Waals surface area contributed by atoms with Gasteiger partial charge in [-0.1, -0.05) is 29.4 Å². The SMILES string of the molecule is CON=C(C(=O)O)c1ccccc1COc1nc(C(F)C(F)(F)F)sc1C. The van der Waals surface area contributed by atoms with E-state index in [9.17, 15) is 27.5 Å². The van der Waals surface area contributed by atoms with E-state index in [0.29, 0.717) is 16.9 Å². The molecule has 0 fully saturated rings. The van der Waals surface area contributed by atoms with Crippen molar-refractivity contribution in [2.24, 2.45) is 5.16 Å². The summed E-state index contributed by atoms with van der Waals surface area (Å²) in [7, 11) is 1.19. The Balaban J connectivity index is 2.25. The van der Waals surface area contributed by atoms with Crippen molar-refractivity contribution in [2.75, 3.05) is 7.11 Å². The molecule has 6 nitrogen and oxygen atoms in total. The molecule has 0 aliphatic rings. The highest BCUT2D eigenvalue weighted by atomic mass is 32.1. The summed E-state index contributed by atoms with van der Waals surface area (Å²) in [6, 6.07) is 6.23. The Morgan fingerprint density at radius 1 is 1.37 bits per heavy atom. The molecule has 2 aromatic rings. The summed E-state index contributed by atoms with van der Waals surface area (Å²) in [4.78, 5) is 19.7. The summed E-state index contributed by atoms with van der Waals surface area (Å²) in [6.45, 7) is 1.24. The molecule has 1 aromatic heterocycles. The van der Waals surface area contributed by atoms with Gasteiger partial charge in [0.1, 0.15) is 18.7 Å². The Hall–Kier alpha value is -2.69. The van der Waals surface area contributed by atoms with Gasteiger partial charge in [-0.15, -0.1) is 11.3 Å². The van der Waals surface area contributed by atoms with E-state index >= 15 is 0 Å². The van der Waals surface area contributed by atoms with E-state index in [0.717, 1.165) is 0 Å². The zero-order valence-electron chi connectivity index (χ0n) is 14.1. The number of alkyl halides is 4. The highest BCUT2D eigenvalue weighted by molar-refractivity contribution is 7.11. The van der Waals surface area contributed by atoms with Crippen molar-refractivity contribution in [3.63, 3.8) is 0 Å². The molecule has 1 heterocycles. The number of hydrogen-bond acceptors (Lipinski definition) is 6. The molecule has 27 heavy (non-hydrogen) atoms. The predicted octanol–water partition coefficient (Wildman–Crippen LogP) is 4.04. The molecule has 0 bridgehead atoms. The number of halogens is 4. The Morgan fingerprint density at radius 3 is 2.63 bits per heavy atom. The summed E-state index contributed by atoms with van der Waals surface area (Å²) < 4.78 is 56.3. The zero-order valence-corrected chi connectivity index (χ0v) is 14.9. The molecule has 1 N–H and O–H groups in total. The quantitative estimate of drug-likeness (QED) is 0.426. The van der Waals surface area contributed by atoms with E-state index in [1.54, 1.807) is 18.2 Å². The number of rotatable bonds is 7. The molecule has 1 aromatic carbocycles. The predicted molar refractivity (Wildman–Crippen MR) is 88.7 cm³/mol. The average Bonchev–Trinajstić information content (AvgIpc) is 2.97. The lowest BCUT2D eigenvalue weighted by Crippen LogP contribution is -2.18. The molecule has 11 heteroatoms. The van der Waals surface area contributed by atoms with Gasteiger partial charge in [0.2, 0.25) is 12.1 Å². The summed E-state index contributed by atoms with van der Waals surface area (Å²) in [5, 5.41) is 11.9. The van der Waals surface area contributed by atoms with Crippen molar-refractivity contribution < 1.29 is 37.0 Å². The molecular weight excluding hydrogens is 392 g/mol. The zero-order chi connectivity index (χ0) is 20.2. The van der Waals surface area contributed by atoms with Crippen LogP contribution in [0.3, 0.4) is 0 Å². The first-order valence-corrected chi connectivity index (χ1v) is 8.20. The van der Waals surface area contributed by atoms with E-state index < -0.39 is 23.3 Å². The maximum atomic E-state index is 13.4. The minimum absolute atomic E-state index is 0.155. The first kappa shape index (κ1) is 20.6. The minimum Gasteiger partial charge on any atom is -0.476 e. The fourth-order valence-electron chi connectivity index (χ4n) is 2.10. The number of thiazole rings is 1. The first-order valence-electron chi connectivity index (χ1n) is 7.38. The van der Waals surface area contributed by atoms with Crippen LogP contribution in [0.25, 0.3) is 0 Å². The van der Waals surface area contributed by atoms with E-state index in [1.165, 1.54) is 20.1 Å². The van der Waals surface area contributed by atoms with Crippen LogP contribution in [-0.2, 0) is 16.2 Å². The van der Waals surface area contributed by atoms with Crippen molar-refractivity contribution in [1.29, 1.82) is 0 Å². The molecular formula is C16H14F4N2O4S. The molecule has 2 rings (SSSR count). The van der Waals surface area contributed by atoms with Gasteiger partial charge in [0, 0.05) is 5.56 Å². The number of oxime groups is 1. The fraction of sp³-hybridized carbons (Fsp3) is 0.312. The fourth-order valence-corrected chi connectivity index (χ4v) is 2.97. The van der Waals surface area contributed by atoms with Crippen LogP contribution in [0.15, 0.2) is 29.4 Å². The second kappa shape index (κ2) is 8.33. The van der Waals surface area contributed by atoms with E-state index in [-0.39, 0.29) is 28.6 Å². The number of aromatic nitrogens is 1. The third kappa shape index (κ3) is 4.94. The molecule has 0 amide bonds. The Labute approximate surface area is 155 Å². The lowest BCUT2D eigenvalue weighted by Gasteiger charge is -2.10. The van der Waals surface area contributed by atoms with Crippen molar-refractivity contribution in [3.05, 3.63) is 45.3 Å². The smallest absolute Gasteiger partial charge is 0.426 e. The van der Waals surface area contributed by atoms with Gasteiger partial charge in [-0.2, -0.15) is 13.2 Å². The average molecular weight is 406 g/mol. The highest BCUT2D eigenvalue weighted by Gasteiger charge is 2.43. The van der Waals surface area contributed by atoms with Crippen molar-refractivity contribution in [2.45, 2.75) is 25.9 Å². The summed E-state index contributed by atoms with van der Waals surface area (Å²) >= 11 is 0.539. The number of carbonyl (C=O) groups is 1. The number of aryl methyl sites for hydroxylation is 1. The maximum Gasteiger partial charge on any atom is 0.426 e. The van der Waals surface area contributed by atoms with Gasteiger partial charge in [-0.25, -0.2) is 14.2 Å². The maximum absolute atomic E-state index is 13.4. The van der Waals surface area contributed by atoms with Gasteiger partial charge in [-0.3, -0.25) is 0 Å². The van der Waals surface area contributed by atoms with Crippen molar-refractivity contribution in [1.82, 2.24) is 4.98 Å². The van der Waals surface area contributed by atoms with Crippen LogP contribution in [0.2, 0.25) is 0 Å². The second-order valence-electron chi connectivity index (χ2n) is 5.19. The van der Waals surface area contributed by atoms with Crippen LogP contribution < -0.4 is 4.74 Å². The number of carboxylic acid groups (broad SMARTS) is 1. The van der Waals surface area contributed by atoms with Crippen LogP contribution in [-0.4, -0.2) is 35.1 Å². The molecule has 1 unspecified atom stereocenters. The molecule has 0 aliphatic heterocycles. The third-order valence-corrected chi connectivity index (χ3v) is 4.28. The van der Waals surface area contributed by atoms with Crippen molar-refractivity contribution in [3.8, 4) is 5.88 Å². The third-order valence-electron chi connectivity index (χ3n) is 3.30. The molecule has 0 aliphatic carbocycles. The molecule has 0 saturated carbocycles. The van der Waals surface area contributed by atoms with Gasteiger partial charge in [0.15, 0.2) is 5.71 Å². The Morgan fingerprint density at radius 2 is 2.04 bits per heavy atom. The van der Waals surface area contributed by atoms with Crippen LogP contribution in [0, 0.1) is 6.92 Å². The first-order chi connectivity index (χ1) is 12.6. The monoisotopic (exact) mass is 406 g/mol. The van der Waals surface area contributed by atoms with Crippen LogP contribution >= 0.6 is 11.3 Å². The van der Waals surface area contributed by atoms with Gasteiger partial charge in [-0.05, 0) is 12.5 Å². The molecule has 0 saturated heterocycles. The largest absolute Gasteiger partial charge is 0.476 e. The number of nitrogens with zero attached hydrogens (tertiary/aromatic N) is 2. The highest BCUT2D eigenvalue weighted by Crippen LogP contribution is 2.40. The summed E-state index contributed by atoms with van der Waals surface area (Å²) in [5.41, 5.74) is 0.226. The number of carboxylic acids is 1. The lowest BCUT2D eigenvalue weighted by atomic mass is 10.0. The van der Waals surface area contributed by atoms with E-state index in [2.05, 4.69) is 15.0 Å².